The Morgan fingerprint density at radius 2 is 2.30 bits per heavy atom. The van der Waals surface area contributed by atoms with Gasteiger partial charge in [-0.2, -0.15) is 10.2 Å². The number of rotatable bonds is 4. The van der Waals surface area contributed by atoms with E-state index in [2.05, 4.69) is 25.3 Å². The summed E-state index contributed by atoms with van der Waals surface area (Å²) in [6.07, 6.45) is 5.88. The molecule has 20 heavy (non-hydrogen) atoms. The summed E-state index contributed by atoms with van der Waals surface area (Å²) in [5, 5.41) is 11.3. The van der Waals surface area contributed by atoms with E-state index in [0.717, 1.165) is 17.2 Å². The van der Waals surface area contributed by atoms with Gasteiger partial charge in [0.25, 0.3) is 0 Å². The molecule has 0 aliphatic carbocycles. The standard InChI is InChI=1S/C12H13N7S/c1-18-8-14-10(17-18)4-6-19-11(15-16-12(19)20)9-3-2-5-13-7-9/h2-3,5,7-8H,4,6H2,1H3,(H,16,20). The molecule has 8 heteroatoms. The zero-order valence-electron chi connectivity index (χ0n) is 10.9. The van der Waals surface area contributed by atoms with Crippen molar-refractivity contribution in [1.82, 2.24) is 34.5 Å². The normalized spacial score (nSPS) is 10.8. The molecule has 0 fully saturated rings. The average Bonchev–Trinajstić information content (AvgIpc) is 3.04. The van der Waals surface area contributed by atoms with Gasteiger partial charge in [-0.1, -0.05) is 0 Å². The third kappa shape index (κ3) is 2.50. The molecule has 0 saturated carbocycles. The lowest BCUT2D eigenvalue weighted by molar-refractivity contribution is 0.655. The van der Waals surface area contributed by atoms with Gasteiger partial charge in [0.05, 0.1) is 0 Å². The first-order valence-corrected chi connectivity index (χ1v) is 6.55. The number of aromatic nitrogens is 7. The first kappa shape index (κ1) is 12.7. The van der Waals surface area contributed by atoms with Crippen LogP contribution in [0.25, 0.3) is 11.4 Å². The van der Waals surface area contributed by atoms with Gasteiger partial charge in [-0.3, -0.25) is 19.3 Å². The fourth-order valence-corrected chi connectivity index (χ4v) is 2.17. The molecular formula is C12H13N7S. The molecular weight excluding hydrogens is 274 g/mol. The highest BCUT2D eigenvalue weighted by Gasteiger charge is 2.09. The molecule has 0 aromatic carbocycles. The van der Waals surface area contributed by atoms with E-state index in [9.17, 15) is 0 Å². The SMILES string of the molecule is Cn1cnc(CCn2c(-c3cccnc3)n[nH]c2=S)n1. The third-order valence-corrected chi connectivity index (χ3v) is 3.20. The molecule has 0 aliphatic heterocycles. The van der Waals surface area contributed by atoms with Crippen molar-refractivity contribution < 1.29 is 0 Å². The molecule has 0 bridgehead atoms. The van der Waals surface area contributed by atoms with Crippen LogP contribution in [0.1, 0.15) is 5.82 Å². The Balaban J connectivity index is 1.86. The Bertz CT molecular complexity index is 755. The Morgan fingerprint density at radius 1 is 1.40 bits per heavy atom. The van der Waals surface area contributed by atoms with Crippen LogP contribution in [0, 0.1) is 4.77 Å². The maximum atomic E-state index is 5.27. The predicted octanol–water partition coefficient (Wildman–Crippen LogP) is 1.37. The van der Waals surface area contributed by atoms with Crippen molar-refractivity contribution >= 4 is 12.2 Å². The largest absolute Gasteiger partial charge is 0.300 e. The lowest BCUT2D eigenvalue weighted by Crippen LogP contribution is -2.05. The zero-order chi connectivity index (χ0) is 13.9. The second-order valence-electron chi connectivity index (χ2n) is 4.33. The smallest absolute Gasteiger partial charge is 0.195 e. The van der Waals surface area contributed by atoms with E-state index in [1.165, 1.54) is 0 Å². The van der Waals surface area contributed by atoms with E-state index in [4.69, 9.17) is 12.2 Å². The number of nitrogens with zero attached hydrogens (tertiary/aromatic N) is 6. The van der Waals surface area contributed by atoms with Gasteiger partial charge in [-0.05, 0) is 24.4 Å². The molecule has 0 radical (unpaired) electrons. The molecule has 3 aromatic heterocycles. The molecule has 0 aliphatic rings. The van der Waals surface area contributed by atoms with E-state index < -0.39 is 0 Å². The maximum Gasteiger partial charge on any atom is 0.195 e. The molecule has 7 nitrogen and oxygen atoms in total. The molecule has 3 rings (SSSR count). The second kappa shape index (κ2) is 5.33. The summed E-state index contributed by atoms with van der Waals surface area (Å²) in [6.45, 7) is 0.670. The van der Waals surface area contributed by atoms with Gasteiger partial charge < -0.3 is 0 Å². The van der Waals surface area contributed by atoms with Gasteiger partial charge >= 0.3 is 0 Å². The van der Waals surface area contributed by atoms with Crippen molar-refractivity contribution in [2.75, 3.05) is 0 Å². The quantitative estimate of drug-likeness (QED) is 0.733. The number of aryl methyl sites for hydroxylation is 2. The highest BCUT2D eigenvalue weighted by atomic mass is 32.1. The minimum absolute atomic E-state index is 0.583. The van der Waals surface area contributed by atoms with Crippen LogP contribution in [0.2, 0.25) is 0 Å². The number of aromatic amines is 1. The van der Waals surface area contributed by atoms with E-state index in [0.29, 0.717) is 17.7 Å². The molecule has 102 valence electrons. The third-order valence-electron chi connectivity index (χ3n) is 2.88. The van der Waals surface area contributed by atoms with Crippen LogP contribution in [0.5, 0.6) is 0 Å². The predicted molar refractivity (Wildman–Crippen MR) is 75.3 cm³/mol. The van der Waals surface area contributed by atoms with E-state index in [1.54, 1.807) is 23.4 Å². The number of hydrogen-bond donors (Lipinski definition) is 1. The van der Waals surface area contributed by atoms with Gasteiger partial charge in [0.2, 0.25) is 0 Å². The van der Waals surface area contributed by atoms with Crippen LogP contribution < -0.4 is 0 Å². The number of H-pyrrole nitrogens is 1. The number of pyridine rings is 1. The minimum Gasteiger partial charge on any atom is -0.300 e. The lowest BCUT2D eigenvalue weighted by Gasteiger charge is -2.04. The van der Waals surface area contributed by atoms with Crippen molar-refractivity contribution in [3.8, 4) is 11.4 Å². The summed E-state index contributed by atoms with van der Waals surface area (Å²) in [5.41, 5.74) is 0.925. The van der Waals surface area contributed by atoms with Crippen LogP contribution in [0.4, 0.5) is 0 Å². The Hall–Kier alpha value is -2.35. The van der Waals surface area contributed by atoms with Crippen molar-refractivity contribution in [2.24, 2.45) is 7.05 Å². The average molecular weight is 287 g/mol. The maximum absolute atomic E-state index is 5.27. The molecule has 0 unspecified atom stereocenters. The highest BCUT2D eigenvalue weighted by molar-refractivity contribution is 7.71. The van der Waals surface area contributed by atoms with Crippen LogP contribution in [-0.4, -0.2) is 34.5 Å². The monoisotopic (exact) mass is 287 g/mol. The van der Waals surface area contributed by atoms with Crippen molar-refractivity contribution in [2.45, 2.75) is 13.0 Å². The van der Waals surface area contributed by atoms with Crippen LogP contribution in [-0.2, 0) is 20.0 Å². The second-order valence-corrected chi connectivity index (χ2v) is 4.72. The van der Waals surface area contributed by atoms with Crippen LogP contribution in [0.3, 0.4) is 0 Å². The molecule has 3 heterocycles. The van der Waals surface area contributed by atoms with Gasteiger partial charge in [-0.15, -0.1) is 0 Å². The molecule has 0 atom stereocenters. The highest BCUT2D eigenvalue weighted by Crippen LogP contribution is 2.15. The molecule has 1 N–H and O–H groups in total. The van der Waals surface area contributed by atoms with Crippen molar-refractivity contribution in [3.05, 3.63) is 41.4 Å². The van der Waals surface area contributed by atoms with Crippen LogP contribution >= 0.6 is 12.2 Å². The summed E-state index contributed by atoms with van der Waals surface area (Å²) >= 11 is 5.27. The fraction of sp³-hybridized carbons (Fsp3) is 0.250. The summed E-state index contributed by atoms with van der Waals surface area (Å²) in [7, 11) is 1.85. The summed E-state index contributed by atoms with van der Waals surface area (Å²) in [5.74, 6) is 1.56. The zero-order valence-corrected chi connectivity index (χ0v) is 11.7. The molecule has 0 spiro atoms. The van der Waals surface area contributed by atoms with Gasteiger partial charge in [0.15, 0.2) is 16.4 Å². The van der Waals surface area contributed by atoms with Crippen molar-refractivity contribution in [3.63, 3.8) is 0 Å². The lowest BCUT2D eigenvalue weighted by atomic mass is 10.2. The Kier molecular flexibility index (Phi) is 3.38. The molecule has 0 saturated heterocycles. The van der Waals surface area contributed by atoms with Gasteiger partial charge in [0, 0.05) is 38.0 Å². The first-order valence-electron chi connectivity index (χ1n) is 6.14. The molecule has 0 amide bonds. The van der Waals surface area contributed by atoms with Gasteiger partial charge in [0.1, 0.15) is 6.33 Å². The first-order chi connectivity index (χ1) is 9.74. The Morgan fingerprint density at radius 3 is 3.00 bits per heavy atom. The summed E-state index contributed by atoms with van der Waals surface area (Å²) in [6, 6.07) is 3.82. The summed E-state index contributed by atoms with van der Waals surface area (Å²) < 4.78 is 4.20. The van der Waals surface area contributed by atoms with E-state index in [1.807, 2.05) is 23.7 Å². The van der Waals surface area contributed by atoms with E-state index >= 15 is 0 Å². The molecule has 3 aromatic rings. The fourth-order valence-electron chi connectivity index (χ4n) is 1.95. The minimum atomic E-state index is 0.583. The number of nitrogens with one attached hydrogen (secondary N) is 1. The summed E-state index contributed by atoms with van der Waals surface area (Å²) in [4.78, 5) is 8.31. The van der Waals surface area contributed by atoms with Gasteiger partial charge in [-0.25, -0.2) is 4.98 Å². The topological polar surface area (TPSA) is 77.2 Å². The van der Waals surface area contributed by atoms with Crippen LogP contribution in [0.15, 0.2) is 30.9 Å². The number of hydrogen-bond acceptors (Lipinski definition) is 5. The Labute approximate surface area is 120 Å². The van der Waals surface area contributed by atoms with Crippen molar-refractivity contribution in [1.29, 1.82) is 0 Å². The van der Waals surface area contributed by atoms with E-state index in [-0.39, 0.29) is 0 Å².